The van der Waals surface area contributed by atoms with Crippen LogP contribution in [-0.4, -0.2) is 57.3 Å². The molecule has 1 aromatic rings. The molecular weight excluding hydrogens is 427 g/mol. The molecule has 2 rings (SSSR count). The summed E-state index contributed by atoms with van der Waals surface area (Å²) in [5.74, 6) is 0.876. The maximum atomic E-state index is 5.37. The maximum Gasteiger partial charge on any atom is 0.191 e. The minimum atomic E-state index is 0. The number of guanidine groups is 1. The van der Waals surface area contributed by atoms with Gasteiger partial charge in [-0.3, -0.25) is 9.89 Å². The lowest BCUT2D eigenvalue weighted by Crippen LogP contribution is -2.38. The van der Waals surface area contributed by atoms with Gasteiger partial charge in [0.15, 0.2) is 5.96 Å². The lowest BCUT2D eigenvalue weighted by Gasteiger charge is -2.26. The maximum absolute atomic E-state index is 5.37. The molecule has 1 saturated heterocycles. The van der Waals surface area contributed by atoms with Crippen LogP contribution in [-0.2, 0) is 11.3 Å². The molecule has 1 fully saturated rings. The highest BCUT2D eigenvalue weighted by Gasteiger charge is 2.09. The van der Waals surface area contributed by atoms with Crippen molar-refractivity contribution in [3.8, 4) is 0 Å². The third kappa shape index (κ3) is 8.37. The molecule has 1 heterocycles. The Hall–Kier alpha value is -0.860. The lowest BCUT2D eigenvalue weighted by atomic mass is 10.1. The van der Waals surface area contributed by atoms with Crippen molar-refractivity contribution in [1.29, 1.82) is 0 Å². The Balaban J connectivity index is 0.00000312. The van der Waals surface area contributed by atoms with Crippen LogP contribution in [0.5, 0.6) is 0 Å². The summed E-state index contributed by atoms with van der Waals surface area (Å²) in [6.07, 6.45) is 2.36. The second kappa shape index (κ2) is 12.5. The highest BCUT2D eigenvalue weighted by atomic mass is 127. The first kappa shape index (κ1) is 22.2. The molecule has 0 bridgehead atoms. The molecule has 0 amide bonds. The summed E-state index contributed by atoms with van der Waals surface area (Å²) >= 11 is 0. The quantitative estimate of drug-likeness (QED) is 0.285. The van der Waals surface area contributed by atoms with Gasteiger partial charge in [-0.05, 0) is 44.4 Å². The molecule has 0 aromatic heterocycles. The van der Waals surface area contributed by atoms with Crippen molar-refractivity contribution >= 4 is 29.9 Å². The van der Waals surface area contributed by atoms with Crippen LogP contribution in [0.25, 0.3) is 0 Å². The number of halogens is 1. The van der Waals surface area contributed by atoms with E-state index < -0.39 is 0 Å². The summed E-state index contributed by atoms with van der Waals surface area (Å²) in [6.45, 7) is 11.1. The third-order valence-electron chi connectivity index (χ3n) is 4.47. The van der Waals surface area contributed by atoms with E-state index in [9.17, 15) is 0 Å². The van der Waals surface area contributed by atoms with E-state index in [0.29, 0.717) is 0 Å². The summed E-state index contributed by atoms with van der Waals surface area (Å²) in [5.41, 5.74) is 3.94. The third-order valence-corrected chi connectivity index (χ3v) is 4.47. The number of benzene rings is 1. The number of aryl methyl sites for hydroxylation is 2. The fraction of sp³-hybridized carbons (Fsp3) is 0.632. The first-order chi connectivity index (χ1) is 11.7. The van der Waals surface area contributed by atoms with Crippen molar-refractivity contribution in [3.63, 3.8) is 0 Å². The molecule has 6 heteroatoms. The SMILES string of the molecule is CN=C(NCCCCN1CCOCC1)NCc1ccc(C)cc1C.I. The smallest absolute Gasteiger partial charge is 0.191 e. The van der Waals surface area contributed by atoms with Gasteiger partial charge in [0, 0.05) is 33.2 Å². The van der Waals surface area contributed by atoms with Gasteiger partial charge < -0.3 is 15.4 Å². The standard InChI is InChI=1S/C19H32N4O.HI/c1-16-6-7-18(17(2)14-16)15-22-19(20-3)21-8-4-5-9-23-10-12-24-13-11-23;/h6-7,14H,4-5,8-13,15H2,1-3H3,(H2,20,21,22);1H. The molecular formula is C19H33IN4O. The van der Waals surface area contributed by atoms with Crippen LogP contribution < -0.4 is 10.6 Å². The Labute approximate surface area is 169 Å². The number of nitrogens with one attached hydrogen (secondary N) is 2. The number of unbranched alkanes of at least 4 members (excludes halogenated alkanes) is 1. The molecule has 142 valence electrons. The van der Waals surface area contributed by atoms with Crippen LogP contribution in [0.15, 0.2) is 23.2 Å². The fourth-order valence-corrected chi connectivity index (χ4v) is 2.94. The van der Waals surface area contributed by atoms with Gasteiger partial charge in [-0.1, -0.05) is 23.8 Å². The Morgan fingerprint density at radius 2 is 1.92 bits per heavy atom. The Bertz CT molecular complexity index is 530. The van der Waals surface area contributed by atoms with Crippen LogP contribution in [0.2, 0.25) is 0 Å². The van der Waals surface area contributed by atoms with E-state index >= 15 is 0 Å². The van der Waals surface area contributed by atoms with Gasteiger partial charge in [-0.15, -0.1) is 24.0 Å². The van der Waals surface area contributed by atoms with Crippen molar-refractivity contribution < 1.29 is 4.74 Å². The Morgan fingerprint density at radius 1 is 1.16 bits per heavy atom. The minimum Gasteiger partial charge on any atom is -0.379 e. The average Bonchev–Trinajstić information content (AvgIpc) is 2.59. The van der Waals surface area contributed by atoms with Crippen molar-refractivity contribution in [1.82, 2.24) is 15.5 Å². The van der Waals surface area contributed by atoms with Gasteiger partial charge in [0.25, 0.3) is 0 Å². The predicted molar refractivity (Wildman–Crippen MR) is 116 cm³/mol. The van der Waals surface area contributed by atoms with Crippen molar-refractivity contribution in [2.75, 3.05) is 46.4 Å². The number of ether oxygens (including phenoxy) is 1. The number of hydrogen-bond donors (Lipinski definition) is 2. The van der Waals surface area contributed by atoms with Gasteiger partial charge in [-0.2, -0.15) is 0 Å². The summed E-state index contributed by atoms with van der Waals surface area (Å²) in [6, 6.07) is 6.57. The molecule has 1 aliphatic rings. The van der Waals surface area contributed by atoms with Crippen molar-refractivity contribution in [3.05, 3.63) is 34.9 Å². The zero-order valence-electron chi connectivity index (χ0n) is 15.8. The van der Waals surface area contributed by atoms with Crippen LogP contribution in [0.4, 0.5) is 0 Å². The van der Waals surface area contributed by atoms with Crippen molar-refractivity contribution in [2.24, 2.45) is 4.99 Å². The van der Waals surface area contributed by atoms with Crippen molar-refractivity contribution in [2.45, 2.75) is 33.2 Å². The highest BCUT2D eigenvalue weighted by molar-refractivity contribution is 14.0. The van der Waals surface area contributed by atoms with Gasteiger partial charge in [0.1, 0.15) is 0 Å². The largest absolute Gasteiger partial charge is 0.379 e. The summed E-state index contributed by atoms with van der Waals surface area (Å²) in [4.78, 5) is 6.79. The summed E-state index contributed by atoms with van der Waals surface area (Å²) in [5, 5.41) is 6.80. The summed E-state index contributed by atoms with van der Waals surface area (Å²) < 4.78 is 5.37. The highest BCUT2D eigenvalue weighted by Crippen LogP contribution is 2.09. The molecule has 0 unspecified atom stereocenters. The number of aliphatic imine (C=N–C) groups is 1. The molecule has 0 saturated carbocycles. The molecule has 0 aliphatic carbocycles. The Kier molecular flexibility index (Phi) is 11.1. The van der Waals surface area contributed by atoms with Gasteiger partial charge >= 0.3 is 0 Å². The molecule has 5 nitrogen and oxygen atoms in total. The Morgan fingerprint density at radius 3 is 2.60 bits per heavy atom. The number of hydrogen-bond acceptors (Lipinski definition) is 3. The van der Waals surface area contributed by atoms with Gasteiger partial charge in [-0.25, -0.2) is 0 Å². The van der Waals surface area contributed by atoms with E-state index in [1.165, 1.54) is 29.7 Å². The van der Waals surface area contributed by atoms with Crippen LogP contribution in [0.1, 0.15) is 29.5 Å². The zero-order chi connectivity index (χ0) is 17.2. The molecule has 1 aliphatic heterocycles. The second-order valence-corrected chi connectivity index (χ2v) is 6.44. The molecule has 0 atom stereocenters. The molecule has 0 radical (unpaired) electrons. The van der Waals surface area contributed by atoms with Crippen LogP contribution in [0.3, 0.4) is 0 Å². The van der Waals surface area contributed by atoms with Crippen LogP contribution >= 0.6 is 24.0 Å². The normalized spacial score (nSPS) is 15.6. The summed E-state index contributed by atoms with van der Waals surface area (Å²) in [7, 11) is 1.82. The lowest BCUT2D eigenvalue weighted by molar-refractivity contribution is 0.0372. The first-order valence-corrected chi connectivity index (χ1v) is 9.00. The first-order valence-electron chi connectivity index (χ1n) is 9.00. The average molecular weight is 460 g/mol. The van der Waals surface area contributed by atoms with Crippen LogP contribution in [0, 0.1) is 13.8 Å². The fourth-order valence-electron chi connectivity index (χ4n) is 2.94. The van der Waals surface area contributed by atoms with E-state index in [0.717, 1.165) is 51.8 Å². The molecule has 0 spiro atoms. The predicted octanol–water partition coefficient (Wildman–Crippen LogP) is 2.70. The topological polar surface area (TPSA) is 48.9 Å². The van der Waals surface area contributed by atoms with E-state index in [-0.39, 0.29) is 24.0 Å². The monoisotopic (exact) mass is 460 g/mol. The molecule has 25 heavy (non-hydrogen) atoms. The van der Waals surface area contributed by atoms with Gasteiger partial charge in [0.05, 0.1) is 13.2 Å². The second-order valence-electron chi connectivity index (χ2n) is 6.44. The van der Waals surface area contributed by atoms with Gasteiger partial charge in [0.2, 0.25) is 0 Å². The number of nitrogens with zero attached hydrogens (tertiary/aromatic N) is 2. The molecule has 2 N–H and O–H groups in total. The van der Waals surface area contributed by atoms with E-state index in [4.69, 9.17) is 4.74 Å². The van der Waals surface area contributed by atoms with E-state index in [2.05, 4.69) is 52.6 Å². The van der Waals surface area contributed by atoms with E-state index in [1.807, 2.05) is 7.05 Å². The van der Waals surface area contributed by atoms with E-state index in [1.54, 1.807) is 0 Å². The zero-order valence-corrected chi connectivity index (χ0v) is 18.1. The number of morpholine rings is 1. The molecule has 1 aromatic carbocycles. The minimum absolute atomic E-state index is 0. The number of rotatable bonds is 7.